The van der Waals surface area contributed by atoms with Gasteiger partial charge in [-0.05, 0) is 32.9 Å². The fourth-order valence-electron chi connectivity index (χ4n) is 3.06. The summed E-state index contributed by atoms with van der Waals surface area (Å²) in [4.78, 5) is 18.6. The average molecular weight is 402 g/mol. The lowest BCUT2D eigenvalue weighted by Gasteiger charge is -2.32. The summed E-state index contributed by atoms with van der Waals surface area (Å²) in [5.74, 6) is 0.806. The van der Waals surface area contributed by atoms with Crippen molar-refractivity contribution in [3.63, 3.8) is 0 Å². The van der Waals surface area contributed by atoms with E-state index in [1.54, 1.807) is 22.7 Å². The van der Waals surface area contributed by atoms with Gasteiger partial charge in [-0.25, -0.2) is 15.0 Å². The fourth-order valence-corrected chi connectivity index (χ4v) is 4.72. The number of hydrogen-bond acceptors (Lipinski definition) is 8. The van der Waals surface area contributed by atoms with Crippen LogP contribution in [0.2, 0.25) is 0 Å². The minimum Gasteiger partial charge on any atom is -0.369 e. The van der Waals surface area contributed by atoms with Crippen molar-refractivity contribution in [3.05, 3.63) is 50.5 Å². The van der Waals surface area contributed by atoms with Gasteiger partial charge in [-0.1, -0.05) is 6.07 Å². The van der Waals surface area contributed by atoms with Crippen molar-refractivity contribution >= 4 is 33.6 Å². The van der Waals surface area contributed by atoms with E-state index in [1.807, 2.05) is 38.2 Å². The monoisotopic (exact) mass is 401 g/mol. The van der Waals surface area contributed by atoms with Crippen LogP contribution in [0.25, 0.3) is 0 Å². The first-order valence-electron chi connectivity index (χ1n) is 9.00. The van der Waals surface area contributed by atoms with Gasteiger partial charge in [0.25, 0.3) is 0 Å². The maximum Gasteiger partial charge on any atom is 0.188 e. The van der Waals surface area contributed by atoms with Gasteiger partial charge in [0, 0.05) is 35.6 Å². The standard InChI is InChI=1S/C19H23N5OS2/c1-12-13(2)26-19(21-12)23-18-6-4-5-16(22-18)17-11-24(7-8-25-17)10-15-9-20-14(3)27-15/h4-6,9,17H,7-8,10-11H2,1-3H3,(H,21,22,23)/t17-/m1/s1. The molecule has 27 heavy (non-hydrogen) atoms. The number of ether oxygens (including phenoxy) is 1. The van der Waals surface area contributed by atoms with Crippen LogP contribution in [0, 0.1) is 20.8 Å². The highest BCUT2D eigenvalue weighted by atomic mass is 32.1. The highest BCUT2D eigenvalue weighted by Gasteiger charge is 2.24. The minimum absolute atomic E-state index is 0.0192. The number of pyridine rings is 1. The summed E-state index contributed by atoms with van der Waals surface area (Å²) >= 11 is 3.41. The summed E-state index contributed by atoms with van der Waals surface area (Å²) in [6, 6.07) is 6.03. The van der Waals surface area contributed by atoms with Crippen molar-refractivity contribution in [1.82, 2.24) is 19.9 Å². The average Bonchev–Trinajstić information content (AvgIpc) is 3.20. The zero-order valence-electron chi connectivity index (χ0n) is 15.7. The van der Waals surface area contributed by atoms with E-state index in [4.69, 9.17) is 9.72 Å². The highest BCUT2D eigenvalue weighted by molar-refractivity contribution is 7.15. The molecule has 4 heterocycles. The number of nitrogens with one attached hydrogen (secondary N) is 1. The third-order valence-electron chi connectivity index (χ3n) is 4.56. The molecule has 0 amide bonds. The number of anilines is 2. The van der Waals surface area contributed by atoms with Crippen LogP contribution >= 0.6 is 22.7 Å². The molecule has 1 saturated heterocycles. The Kier molecular flexibility index (Phi) is 5.49. The lowest BCUT2D eigenvalue weighted by molar-refractivity contribution is -0.0346. The molecule has 1 aliphatic heterocycles. The highest BCUT2D eigenvalue weighted by Crippen LogP contribution is 2.27. The molecular formula is C19H23N5OS2. The molecule has 0 saturated carbocycles. The Hall–Kier alpha value is -1.87. The Morgan fingerprint density at radius 3 is 2.85 bits per heavy atom. The van der Waals surface area contributed by atoms with Gasteiger partial charge in [0.2, 0.25) is 0 Å². The third kappa shape index (κ3) is 4.52. The molecule has 1 fully saturated rings. The van der Waals surface area contributed by atoms with Crippen LogP contribution in [0.3, 0.4) is 0 Å². The lowest BCUT2D eigenvalue weighted by atomic mass is 10.2. The van der Waals surface area contributed by atoms with E-state index in [-0.39, 0.29) is 6.10 Å². The summed E-state index contributed by atoms with van der Waals surface area (Å²) in [5, 5.41) is 5.31. The second kappa shape index (κ2) is 8.02. The van der Waals surface area contributed by atoms with Crippen LogP contribution < -0.4 is 5.32 Å². The molecule has 3 aromatic rings. The van der Waals surface area contributed by atoms with E-state index in [9.17, 15) is 0 Å². The van der Waals surface area contributed by atoms with Crippen LogP contribution in [0.15, 0.2) is 24.4 Å². The Bertz CT molecular complexity index is 903. The van der Waals surface area contributed by atoms with E-state index in [0.717, 1.165) is 47.0 Å². The van der Waals surface area contributed by atoms with Gasteiger partial charge in [0.05, 0.1) is 23.0 Å². The molecule has 0 aromatic carbocycles. The Labute approximate surface area is 167 Å². The zero-order chi connectivity index (χ0) is 18.8. The van der Waals surface area contributed by atoms with Gasteiger partial charge in [-0.3, -0.25) is 4.90 Å². The van der Waals surface area contributed by atoms with Crippen LogP contribution in [0.4, 0.5) is 10.9 Å². The van der Waals surface area contributed by atoms with E-state index in [2.05, 4.69) is 27.1 Å². The van der Waals surface area contributed by atoms with Gasteiger partial charge in [0.15, 0.2) is 5.13 Å². The smallest absolute Gasteiger partial charge is 0.188 e. The van der Waals surface area contributed by atoms with E-state index < -0.39 is 0 Å². The number of hydrogen-bond donors (Lipinski definition) is 1. The van der Waals surface area contributed by atoms with E-state index in [1.165, 1.54) is 9.75 Å². The number of nitrogens with zero attached hydrogens (tertiary/aromatic N) is 4. The largest absolute Gasteiger partial charge is 0.369 e. The predicted molar refractivity (Wildman–Crippen MR) is 110 cm³/mol. The van der Waals surface area contributed by atoms with Crippen LogP contribution in [-0.4, -0.2) is 39.5 Å². The molecule has 8 heteroatoms. The van der Waals surface area contributed by atoms with E-state index >= 15 is 0 Å². The molecule has 0 unspecified atom stereocenters. The molecule has 6 nitrogen and oxygen atoms in total. The molecule has 0 spiro atoms. The molecule has 1 N–H and O–H groups in total. The third-order valence-corrected chi connectivity index (χ3v) is 6.45. The van der Waals surface area contributed by atoms with Gasteiger partial charge in [-0.15, -0.1) is 22.7 Å². The summed E-state index contributed by atoms with van der Waals surface area (Å²) in [5.41, 5.74) is 2.01. The van der Waals surface area contributed by atoms with E-state index in [0.29, 0.717) is 6.61 Å². The molecule has 0 radical (unpaired) electrons. The van der Waals surface area contributed by atoms with Crippen LogP contribution in [-0.2, 0) is 11.3 Å². The second-order valence-electron chi connectivity index (χ2n) is 6.67. The first kappa shape index (κ1) is 18.5. The zero-order valence-corrected chi connectivity index (χ0v) is 17.4. The van der Waals surface area contributed by atoms with Crippen LogP contribution in [0.1, 0.15) is 32.3 Å². The first-order chi connectivity index (χ1) is 13.1. The van der Waals surface area contributed by atoms with Gasteiger partial charge >= 0.3 is 0 Å². The normalized spacial score (nSPS) is 18.0. The molecule has 1 aliphatic rings. The summed E-state index contributed by atoms with van der Waals surface area (Å²) in [6.45, 7) is 9.55. The Morgan fingerprint density at radius 1 is 1.22 bits per heavy atom. The van der Waals surface area contributed by atoms with Gasteiger partial charge in [0.1, 0.15) is 11.9 Å². The number of rotatable bonds is 5. The van der Waals surface area contributed by atoms with Crippen molar-refractivity contribution in [2.24, 2.45) is 0 Å². The molecule has 3 aromatic heterocycles. The Morgan fingerprint density at radius 2 is 2.11 bits per heavy atom. The second-order valence-corrected chi connectivity index (χ2v) is 9.20. The topological polar surface area (TPSA) is 63.2 Å². The molecular weight excluding hydrogens is 378 g/mol. The number of aryl methyl sites for hydroxylation is 3. The van der Waals surface area contributed by atoms with Crippen molar-refractivity contribution in [1.29, 1.82) is 0 Å². The molecule has 0 aliphatic carbocycles. The fraction of sp³-hybridized carbons (Fsp3) is 0.421. The SMILES string of the molecule is Cc1ncc(CN2CCO[C@@H](c3cccc(Nc4nc(C)c(C)s4)n3)C2)s1. The quantitative estimate of drug-likeness (QED) is 0.690. The Balaban J connectivity index is 1.44. The van der Waals surface area contributed by atoms with Gasteiger partial charge < -0.3 is 10.1 Å². The summed E-state index contributed by atoms with van der Waals surface area (Å²) < 4.78 is 6.01. The number of morpholine rings is 1. The molecule has 1 atom stereocenters. The van der Waals surface area contributed by atoms with Crippen molar-refractivity contribution < 1.29 is 4.74 Å². The lowest BCUT2D eigenvalue weighted by Crippen LogP contribution is -2.37. The molecule has 0 bridgehead atoms. The van der Waals surface area contributed by atoms with Gasteiger partial charge in [-0.2, -0.15) is 0 Å². The summed E-state index contributed by atoms with van der Waals surface area (Å²) in [7, 11) is 0. The maximum absolute atomic E-state index is 6.01. The first-order valence-corrected chi connectivity index (χ1v) is 10.6. The number of aromatic nitrogens is 3. The van der Waals surface area contributed by atoms with Crippen molar-refractivity contribution in [3.8, 4) is 0 Å². The minimum atomic E-state index is -0.0192. The van der Waals surface area contributed by atoms with Crippen LogP contribution in [0.5, 0.6) is 0 Å². The number of thiazole rings is 2. The molecule has 142 valence electrons. The van der Waals surface area contributed by atoms with Crippen molar-refractivity contribution in [2.75, 3.05) is 25.0 Å². The maximum atomic E-state index is 6.01. The summed E-state index contributed by atoms with van der Waals surface area (Å²) in [6.07, 6.45) is 1.96. The predicted octanol–water partition coefficient (Wildman–Crippen LogP) is 4.24. The van der Waals surface area contributed by atoms with Crippen molar-refractivity contribution in [2.45, 2.75) is 33.4 Å². The molecule has 4 rings (SSSR count).